The van der Waals surface area contributed by atoms with E-state index in [1.807, 2.05) is 13.8 Å². The molecule has 1 heterocycles. The number of piperidine rings is 1. The van der Waals surface area contributed by atoms with Gasteiger partial charge in [-0.05, 0) is 43.4 Å². The lowest BCUT2D eigenvalue weighted by atomic mass is 10.1. The van der Waals surface area contributed by atoms with Crippen molar-refractivity contribution in [2.45, 2.75) is 44.9 Å². The molecule has 2 rings (SSSR count). The molecule has 0 atom stereocenters. The highest BCUT2D eigenvalue weighted by molar-refractivity contribution is 7.89. The summed E-state index contributed by atoms with van der Waals surface area (Å²) in [6.45, 7) is 6.13. The van der Waals surface area contributed by atoms with Gasteiger partial charge < -0.3 is 10.1 Å². The predicted octanol–water partition coefficient (Wildman–Crippen LogP) is 1.81. The quantitative estimate of drug-likeness (QED) is 0.625. The number of ether oxygens (including phenoxy) is 1. The van der Waals surface area contributed by atoms with Crippen LogP contribution in [0.2, 0.25) is 0 Å². The maximum absolute atomic E-state index is 12.9. The molecule has 0 aliphatic carbocycles. The Morgan fingerprint density at radius 2 is 1.80 bits per heavy atom. The van der Waals surface area contributed by atoms with Gasteiger partial charge in [0.05, 0.1) is 10.5 Å². The summed E-state index contributed by atoms with van der Waals surface area (Å²) in [5.41, 5.74) is 0.546. The van der Waals surface area contributed by atoms with Crippen molar-refractivity contribution in [3.63, 3.8) is 0 Å². The van der Waals surface area contributed by atoms with Crippen LogP contribution in [0.3, 0.4) is 0 Å². The van der Waals surface area contributed by atoms with E-state index in [2.05, 4.69) is 10.6 Å². The summed E-state index contributed by atoms with van der Waals surface area (Å²) in [5.74, 6) is -1.40. The van der Waals surface area contributed by atoms with E-state index in [1.54, 1.807) is 6.92 Å². The molecule has 0 bridgehead atoms. The van der Waals surface area contributed by atoms with E-state index in [4.69, 9.17) is 4.74 Å². The lowest BCUT2D eigenvalue weighted by Crippen LogP contribution is -2.42. The van der Waals surface area contributed by atoms with Crippen molar-refractivity contribution in [3.8, 4) is 0 Å². The first kappa shape index (κ1) is 23.8. The SMILES string of the molecule is Cc1ccc(C(=O)OCC(=O)NC(=O)NCC(C)C)cc1S(=O)(=O)N1CCCCC1. The van der Waals surface area contributed by atoms with Gasteiger partial charge in [0, 0.05) is 19.6 Å². The summed E-state index contributed by atoms with van der Waals surface area (Å²) in [6.07, 6.45) is 2.61. The van der Waals surface area contributed by atoms with Crippen molar-refractivity contribution in [1.29, 1.82) is 0 Å². The lowest BCUT2D eigenvalue weighted by molar-refractivity contribution is -0.123. The molecule has 2 N–H and O–H groups in total. The van der Waals surface area contributed by atoms with Crippen molar-refractivity contribution in [1.82, 2.24) is 14.9 Å². The monoisotopic (exact) mass is 439 g/mol. The minimum atomic E-state index is -3.72. The number of urea groups is 1. The zero-order valence-electron chi connectivity index (χ0n) is 17.6. The fourth-order valence-corrected chi connectivity index (χ4v) is 4.74. The summed E-state index contributed by atoms with van der Waals surface area (Å²) in [4.78, 5) is 35.7. The molecule has 0 radical (unpaired) electrons. The molecule has 1 aromatic carbocycles. The first-order valence-corrected chi connectivity index (χ1v) is 11.4. The number of hydrogen-bond acceptors (Lipinski definition) is 6. The molecule has 9 nitrogen and oxygen atoms in total. The Morgan fingerprint density at radius 1 is 1.13 bits per heavy atom. The molecule has 0 unspecified atom stereocenters. The average molecular weight is 440 g/mol. The fraction of sp³-hybridized carbons (Fsp3) is 0.550. The molecular formula is C20H29N3O6S. The van der Waals surface area contributed by atoms with Crippen LogP contribution in [-0.4, -0.2) is 56.9 Å². The minimum Gasteiger partial charge on any atom is -0.452 e. The van der Waals surface area contributed by atoms with E-state index < -0.39 is 34.5 Å². The number of hydrogen-bond donors (Lipinski definition) is 2. The highest BCUT2D eigenvalue weighted by Gasteiger charge is 2.28. The standard InChI is InChI=1S/C20H29N3O6S/c1-14(2)12-21-20(26)22-18(24)13-29-19(25)16-8-7-15(3)17(11-16)30(27,28)23-9-5-4-6-10-23/h7-8,11,14H,4-6,9-10,12-13H2,1-3H3,(H2,21,22,24,26). The summed E-state index contributed by atoms with van der Waals surface area (Å²) in [6, 6.07) is 3.58. The second-order valence-electron chi connectivity index (χ2n) is 7.67. The van der Waals surface area contributed by atoms with Gasteiger partial charge in [-0.2, -0.15) is 4.31 Å². The summed E-state index contributed by atoms with van der Waals surface area (Å²) >= 11 is 0. The topological polar surface area (TPSA) is 122 Å². The number of benzene rings is 1. The molecule has 3 amide bonds. The van der Waals surface area contributed by atoms with Crippen LogP contribution in [0.5, 0.6) is 0 Å². The molecule has 0 saturated carbocycles. The number of rotatable bonds is 7. The van der Waals surface area contributed by atoms with Crippen LogP contribution in [-0.2, 0) is 19.6 Å². The van der Waals surface area contributed by atoms with Crippen molar-refractivity contribution in [2.24, 2.45) is 5.92 Å². The molecular weight excluding hydrogens is 410 g/mol. The number of carbonyl (C=O) groups is 3. The van der Waals surface area contributed by atoms with Crippen LogP contribution in [0.4, 0.5) is 4.79 Å². The summed E-state index contributed by atoms with van der Waals surface area (Å²) < 4.78 is 32.2. The van der Waals surface area contributed by atoms with E-state index in [-0.39, 0.29) is 16.4 Å². The molecule has 1 aliphatic heterocycles. The van der Waals surface area contributed by atoms with Gasteiger partial charge in [-0.1, -0.05) is 26.3 Å². The number of esters is 1. The minimum absolute atomic E-state index is 0.0215. The number of imide groups is 1. The Balaban J connectivity index is 2.00. The smallest absolute Gasteiger partial charge is 0.338 e. The number of carbonyl (C=O) groups excluding carboxylic acids is 3. The van der Waals surface area contributed by atoms with Gasteiger partial charge in [0.2, 0.25) is 10.0 Å². The van der Waals surface area contributed by atoms with E-state index in [0.717, 1.165) is 19.3 Å². The largest absolute Gasteiger partial charge is 0.452 e. The molecule has 1 aliphatic rings. The zero-order valence-corrected chi connectivity index (χ0v) is 18.4. The van der Waals surface area contributed by atoms with E-state index in [9.17, 15) is 22.8 Å². The van der Waals surface area contributed by atoms with Gasteiger partial charge in [0.1, 0.15) is 0 Å². The van der Waals surface area contributed by atoms with Gasteiger partial charge in [-0.15, -0.1) is 0 Å². The summed E-state index contributed by atoms with van der Waals surface area (Å²) in [7, 11) is -3.72. The van der Waals surface area contributed by atoms with Crippen LogP contribution < -0.4 is 10.6 Å². The Kier molecular flexibility index (Phi) is 8.36. The second-order valence-corrected chi connectivity index (χ2v) is 9.58. The third-order valence-electron chi connectivity index (χ3n) is 4.61. The molecule has 0 aromatic heterocycles. The Bertz CT molecular complexity index is 892. The van der Waals surface area contributed by atoms with E-state index in [1.165, 1.54) is 22.5 Å². The maximum atomic E-state index is 12.9. The van der Waals surface area contributed by atoms with Gasteiger partial charge in [-0.25, -0.2) is 18.0 Å². The van der Waals surface area contributed by atoms with Crippen LogP contribution >= 0.6 is 0 Å². The fourth-order valence-electron chi connectivity index (χ4n) is 2.97. The van der Waals surface area contributed by atoms with Crippen LogP contribution in [0, 0.1) is 12.8 Å². The Hall–Kier alpha value is -2.46. The Morgan fingerprint density at radius 3 is 2.43 bits per heavy atom. The first-order valence-electron chi connectivity index (χ1n) is 9.97. The maximum Gasteiger partial charge on any atom is 0.338 e. The van der Waals surface area contributed by atoms with Crippen molar-refractivity contribution in [3.05, 3.63) is 29.3 Å². The lowest BCUT2D eigenvalue weighted by Gasteiger charge is -2.26. The number of nitrogens with one attached hydrogen (secondary N) is 2. The molecule has 166 valence electrons. The predicted molar refractivity (Wildman–Crippen MR) is 110 cm³/mol. The molecule has 1 saturated heterocycles. The second kappa shape index (κ2) is 10.5. The van der Waals surface area contributed by atoms with E-state index in [0.29, 0.717) is 25.2 Å². The van der Waals surface area contributed by atoms with Crippen molar-refractivity contribution in [2.75, 3.05) is 26.2 Å². The molecule has 1 aromatic rings. The van der Waals surface area contributed by atoms with Crippen LogP contribution in [0.15, 0.2) is 23.1 Å². The van der Waals surface area contributed by atoms with Gasteiger partial charge in [0.15, 0.2) is 6.61 Å². The van der Waals surface area contributed by atoms with Gasteiger partial charge in [-0.3, -0.25) is 10.1 Å². The molecule has 30 heavy (non-hydrogen) atoms. The zero-order chi connectivity index (χ0) is 22.3. The highest BCUT2D eigenvalue weighted by atomic mass is 32.2. The highest BCUT2D eigenvalue weighted by Crippen LogP contribution is 2.24. The summed E-state index contributed by atoms with van der Waals surface area (Å²) in [5, 5.41) is 4.57. The van der Waals surface area contributed by atoms with Crippen LogP contribution in [0.1, 0.15) is 49.0 Å². The molecule has 0 spiro atoms. The van der Waals surface area contributed by atoms with E-state index >= 15 is 0 Å². The number of sulfonamides is 1. The number of amides is 3. The third kappa shape index (κ3) is 6.53. The van der Waals surface area contributed by atoms with Crippen molar-refractivity contribution < 1.29 is 27.5 Å². The molecule has 10 heteroatoms. The Labute approximate surface area is 177 Å². The van der Waals surface area contributed by atoms with Crippen molar-refractivity contribution >= 4 is 27.9 Å². The number of aryl methyl sites for hydroxylation is 1. The van der Waals surface area contributed by atoms with Gasteiger partial charge in [0.25, 0.3) is 5.91 Å². The number of nitrogens with zero attached hydrogens (tertiary/aromatic N) is 1. The third-order valence-corrected chi connectivity index (χ3v) is 6.66. The van der Waals surface area contributed by atoms with Gasteiger partial charge >= 0.3 is 12.0 Å². The first-order chi connectivity index (χ1) is 14.1. The average Bonchev–Trinajstić information content (AvgIpc) is 2.71. The normalized spacial score (nSPS) is 14.9. The molecule has 1 fully saturated rings. The van der Waals surface area contributed by atoms with Crippen LogP contribution in [0.25, 0.3) is 0 Å².